The number of rotatable bonds is 5. The molecule has 0 spiro atoms. The van der Waals surface area contributed by atoms with Gasteiger partial charge in [0.05, 0.1) is 25.6 Å². The minimum absolute atomic E-state index is 0.386. The van der Waals surface area contributed by atoms with Crippen LogP contribution in [0.1, 0.15) is 5.69 Å². The van der Waals surface area contributed by atoms with Gasteiger partial charge in [-0.2, -0.15) is 5.10 Å². The van der Waals surface area contributed by atoms with Crippen molar-refractivity contribution in [3.63, 3.8) is 0 Å². The molecule has 0 aliphatic heterocycles. The summed E-state index contributed by atoms with van der Waals surface area (Å²) in [6, 6.07) is 11.9. The highest BCUT2D eigenvalue weighted by molar-refractivity contribution is 6.30. The fourth-order valence-electron chi connectivity index (χ4n) is 2.58. The second-order valence-electron chi connectivity index (χ2n) is 5.73. The third-order valence-corrected chi connectivity index (χ3v) is 4.20. The van der Waals surface area contributed by atoms with Crippen molar-refractivity contribution in [1.82, 2.24) is 10.2 Å². The van der Waals surface area contributed by atoms with Gasteiger partial charge in [-0.1, -0.05) is 11.6 Å². The fourth-order valence-corrected chi connectivity index (χ4v) is 2.71. The van der Waals surface area contributed by atoms with Crippen molar-refractivity contribution in [3.8, 4) is 22.8 Å². The van der Waals surface area contributed by atoms with Crippen molar-refractivity contribution in [1.29, 1.82) is 0 Å². The van der Waals surface area contributed by atoms with E-state index in [9.17, 15) is 4.79 Å². The molecule has 1 aromatic heterocycles. The lowest BCUT2D eigenvalue weighted by Gasteiger charge is -2.11. The lowest BCUT2D eigenvalue weighted by atomic mass is 10.1. The molecule has 0 unspecified atom stereocenters. The zero-order valence-corrected chi connectivity index (χ0v) is 15.8. The van der Waals surface area contributed by atoms with Crippen LogP contribution in [0.15, 0.2) is 42.5 Å². The Morgan fingerprint density at radius 2 is 1.74 bits per heavy atom. The summed E-state index contributed by atoms with van der Waals surface area (Å²) in [4.78, 5) is 12.4. The van der Waals surface area contributed by atoms with Crippen molar-refractivity contribution < 1.29 is 14.3 Å². The number of benzene rings is 2. The Hall–Kier alpha value is -3.19. The number of carbonyl (C=O) groups is 1. The van der Waals surface area contributed by atoms with Gasteiger partial charge in [0.25, 0.3) is 0 Å². The van der Waals surface area contributed by atoms with E-state index >= 15 is 0 Å². The summed E-state index contributed by atoms with van der Waals surface area (Å²) in [6.45, 7) is 1.83. The second kappa shape index (κ2) is 8.01. The van der Waals surface area contributed by atoms with E-state index in [2.05, 4.69) is 20.8 Å². The average Bonchev–Trinajstić information content (AvgIpc) is 3.03. The van der Waals surface area contributed by atoms with Gasteiger partial charge in [0, 0.05) is 16.3 Å². The first-order valence-corrected chi connectivity index (χ1v) is 8.50. The minimum Gasteiger partial charge on any atom is -0.493 e. The van der Waals surface area contributed by atoms with Crippen LogP contribution < -0.4 is 20.1 Å². The Balaban J connectivity index is 1.84. The van der Waals surface area contributed by atoms with Crippen LogP contribution in [-0.4, -0.2) is 30.4 Å². The number of H-pyrrole nitrogens is 1. The molecule has 3 aromatic rings. The van der Waals surface area contributed by atoms with Crippen LogP contribution in [0.2, 0.25) is 5.02 Å². The lowest BCUT2D eigenvalue weighted by Crippen LogP contribution is -2.20. The Bertz CT molecular complexity index is 954. The second-order valence-corrected chi connectivity index (χ2v) is 6.16. The Morgan fingerprint density at radius 3 is 2.41 bits per heavy atom. The highest BCUT2D eigenvalue weighted by atomic mass is 35.5. The summed E-state index contributed by atoms with van der Waals surface area (Å²) in [7, 11) is 3.14. The maximum Gasteiger partial charge on any atom is 0.323 e. The van der Waals surface area contributed by atoms with Crippen LogP contribution in [0.5, 0.6) is 11.5 Å². The van der Waals surface area contributed by atoms with Gasteiger partial charge in [0.1, 0.15) is 5.69 Å². The number of aromatic amines is 1. The number of carbonyl (C=O) groups excluding carboxylic acids is 1. The quantitative estimate of drug-likeness (QED) is 0.593. The van der Waals surface area contributed by atoms with E-state index in [-0.39, 0.29) is 6.03 Å². The topological polar surface area (TPSA) is 88.3 Å². The molecular weight excluding hydrogens is 368 g/mol. The number of hydrogen-bond acceptors (Lipinski definition) is 4. The minimum atomic E-state index is -0.386. The molecule has 0 atom stereocenters. The summed E-state index contributed by atoms with van der Waals surface area (Å²) in [6.07, 6.45) is 0. The normalized spacial score (nSPS) is 10.4. The van der Waals surface area contributed by atoms with Crippen LogP contribution in [0.4, 0.5) is 16.2 Å². The molecule has 0 saturated carbocycles. The number of nitrogens with one attached hydrogen (secondary N) is 3. The summed E-state index contributed by atoms with van der Waals surface area (Å²) in [5.74, 6) is 1.19. The number of aryl methyl sites for hydroxylation is 1. The van der Waals surface area contributed by atoms with Crippen molar-refractivity contribution in [2.75, 3.05) is 24.9 Å². The maximum absolute atomic E-state index is 12.4. The fraction of sp³-hybridized carbons (Fsp3) is 0.158. The van der Waals surface area contributed by atoms with E-state index in [0.29, 0.717) is 33.6 Å². The van der Waals surface area contributed by atoms with Gasteiger partial charge in [0.2, 0.25) is 0 Å². The summed E-state index contributed by atoms with van der Waals surface area (Å²) >= 11 is 5.86. The predicted molar refractivity (Wildman–Crippen MR) is 106 cm³/mol. The molecular formula is C19H19ClN4O3. The van der Waals surface area contributed by atoms with E-state index in [1.807, 2.05) is 13.0 Å². The molecule has 3 rings (SSSR count). The van der Waals surface area contributed by atoms with Crippen LogP contribution >= 0.6 is 11.6 Å². The van der Waals surface area contributed by atoms with Gasteiger partial charge in [-0.05, 0) is 49.4 Å². The summed E-state index contributed by atoms with van der Waals surface area (Å²) < 4.78 is 10.6. The van der Waals surface area contributed by atoms with Gasteiger partial charge >= 0.3 is 6.03 Å². The van der Waals surface area contributed by atoms with Gasteiger partial charge in [-0.3, -0.25) is 5.10 Å². The molecule has 0 radical (unpaired) electrons. The highest BCUT2D eigenvalue weighted by Gasteiger charge is 2.17. The maximum atomic E-state index is 12.4. The van der Waals surface area contributed by atoms with E-state index in [1.165, 1.54) is 0 Å². The number of methoxy groups -OCH3 is 2. The number of amides is 2. The molecule has 0 bridgehead atoms. The van der Waals surface area contributed by atoms with Crippen molar-refractivity contribution in [2.24, 2.45) is 0 Å². The standard InChI is InChI=1S/C19H19ClN4O3/c1-11-17(22-19(25)21-14-7-5-13(20)6-8-14)18(24-23-11)12-4-9-15(26-2)16(10-12)27-3/h4-10H,1-3H3,(H,23,24)(H2,21,22,25). The Labute approximate surface area is 161 Å². The first-order chi connectivity index (χ1) is 13.0. The SMILES string of the molecule is COc1ccc(-c2n[nH]c(C)c2NC(=O)Nc2ccc(Cl)cc2)cc1OC. The molecule has 0 aliphatic rings. The highest BCUT2D eigenvalue weighted by Crippen LogP contribution is 2.35. The zero-order chi connectivity index (χ0) is 19.4. The van der Waals surface area contributed by atoms with E-state index in [1.54, 1.807) is 50.6 Å². The molecule has 3 N–H and O–H groups in total. The molecule has 27 heavy (non-hydrogen) atoms. The van der Waals surface area contributed by atoms with Crippen LogP contribution in [-0.2, 0) is 0 Å². The van der Waals surface area contributed by atoms with Gasteiger partial charge in [-0.25, -0.2) is 4.79 Å². The first kappa shape index (κ1) is 18.6. The molecule has 1 heterocycles. The number of halogens is 1. The number of urea groups is 1. The monoisotopic (exact) mass is 386 g/mol. The summed E-state index contributed by atoms with van der Waals surface area (Å²) in [5, 5.41) is 13.4. The largest absolute Gasteiger partial charge is 0.493 e. The van der Waals surface area contributed by atoms with Gasteiger partial charge in [-0.15, -0.1) is 0 Å². The molecule has 0 fully saturated rings. The number of aromatic nitrogens is 2. The van der Waals surface area contributed by atoms with E-state index in [4.69, 9.17) is 21.1 Å². The van der Waals surface area contributed by atoms with Crippen molar-refractivity contribution >= 4 is 29.0 Å². The third kappa shape index (κ3) is 4.15. The van der Waals surface area contributed by atoms with Gasteiger partial charge in [0.15, 0.2) is 11.5 Å². The molecule has 140 valence electrons. The number of anilines is 2. The van der Waals surface area contributed by atoms with Crippen LogP contribution in [0.25, 0.3) is 11.3 Å². The number of ether oxygens (including phenoxy) is 2. The van der Waals surface area contributed by atoms with Crippen LogP contribution in [0.3, 0.4) is 0 Å². The Morgan fingerprint density at radius 1 is 1.04 bits per heavy atom. The number of hydrogen-bond donors (Lipinski definition) is 3. The third-order valence-electron chi connectivity index (χ3n) is 3.94. The zero-order valence-electron chi connectivity index (χ0n) is 15.1. The molecule has 0 saturated heterocycles. The predicted octanol–water partition coefficient (Wildman–Crippen LogP) is 4.70. The molecule has 2 aromatic carbocycles. The van der Waals surface area contributed by atoms with E-state index in [0.717, 1.165) is 11.3 Å². The smallest absolute Gasteiger partial charge is 0.323 e. The molecule has 7 nitrogen and oxygen atoms in total. The lowest BCUT2D eigenvalue weighted by molar-refractivity contribution is 0.262. The summed E-state index contributed by atoms with van der Waals surface area (Å²) in [5.41, 5.74) is 3.31. The molecule has 2 amide bonds. The van der Waals surface area contributed by atoms with Crippen molar-refractivity contribution in [2.45, 2.75) is 6.92 Å². The first-order valence-electron chi connectivity index (χ1n) is 8.12. The number of nitrogens with zero attached hydrogens (tertiary/aromatic N) is 1. The van der Waals surface area contributed by atoms with Crippen molar-refractivity contribution in [3.05, 3.63) is 53.2 Å². The Kier molecular flexibility index (Phi) is 5.52. The average molecular weight is 387 g/mol. The van der Waals surface area contributed by atoms with E-state index < -0.39 is 0 Å². The molecule has 0 aliphatic carbocycles. The molecule has 8 heteroatoms. The van der Waals surface area contributed by atoms with Gasteiger partial charge < -0.3 is 20.1 Å². The van der Waals surface area contributed by atoms with Crippen LogP contribution in [0, 0.1) is 6.92 Å².